The molecule has 0 spiro atoms. The van der Waals surface area contributed by atoms with Crippen LogP contribution in [0.2, 0.25) is 0 Å². The molecule has 0 radical (unpaired) electrons. The number of rotatable bonds is 5. The molecule has 2 aromatic carbocycles. The van der Waals surface area contributed by atoms with Gasteiger partial charge < -0.3 is 10.1 Å². The molecule has 5 heteroatoms. The van der Waals surface area contributed by atoms with E-state index in [1.807, 2.05) is 19.1 Å². The third kappa shape index (κ3) is 4.60. The van der Waals surface area contributed by atoms with E-state index in [9.17, 15) is 9.59 Å². The topological polar surface area (TPSA) is 55.4 Å². The Morgan fingerprint density at radius 2 is 1.83 bits per heavy atom. The first kappa shape index (κ1) is 17.1. The number of amides is 1. The maximum Gasteiger partial charge on any atom is 0.339 e. The van der Waals surface area contributed by atoms with E-state index >= 15 is 0 Å². The summed E-state index contributed by atoms with van der Waals surface area (Å²) in [5.41, 5.74) is 3.24. The first-order chi connectivity index (χ1) is 11.0. The maximum atomic E-state index is 12.1. The number of esters is 1. The molecule has 1 amide bonds. The fraction of sp³-hybridized carbons (Fsp3) is 0.222. The Labute approximate surface area is 140 Å². The highest BCUT2D eigenvalue weighted by Gasteiger charge is 2.13. The lowest BCUT2D eigenvalue weighted by Crippen LogP contribution is -2.17. The fourth-order valence-electron chi connectivity index (χ4n) is 2.02. The second-order valence-electron chi connectivity index (χ2n) is 5.12. The third-order valence-corrected chi connectivity index (χ3v) is 4.45. The normalized spacial score (nSPS) is 10.2. The summed E-state index contributed by atoms with van der Waals surface area (Å²) >= 11 is 1.46. The van der Waals surface area contributed by atoms with Crippen LogP contribution in [0.15, 0.2) is 47.4 Å². The Hall–Kier alpha value is -2.27. The Balaban J connectivity index is 2.00. The number of hydrogen-bond acceptors (Lipinski definition) is 4. The predicted octanol–water partition coefficient (Wildman–Crippen LogP) is 3.82. The molecule has 0 fully saturated rings. The Morgan fingerprint density at radius 3 is 2.52 bits per heavy atom. The molecule has 0 aliphatic heterocycles. The minimum Gasteiger partial charge on any atom is -0.465 e. The molecular formula is C18H19NO3S. The van der Waals surface area contributed by atoms with E-state index in [0.717, 1.165) is 4.90 Å². The van der Waals surface area contributed by atoms with Gasteiger partial charge in [0.15, 0.2) is 0 Å². The van der Waals surface area contributed by atoms with Crippen LogP contribution in [-0.2, 0) is 9.53 Å². The SMILES string of the molecule is COC(=O)c1ccccc1NC(=O)CSc1ccc(C)c(C)c1. The minimum absolute atomic E-state index is 0.162. The van der Waals surface area contributed by atoms with Gasteiger partial charge in [-0.3, -0.25) is 4.79 Å². The molecule has 0 saturated heterocycles. The van der Waals surface area contributed by atoms with Gasteiger partial charge in [-0.2, -0.15) is 0 Å². The number of carbonyl (C=O) groups is 2. The Bertz CT molecular complexity index is 728. The van der Waals surface area contributed by atoms with Crippen LogP contribution in [0.1, 0.15) is 21.5 Å². The minimum atomic E-state index is -0.470. The van der Waals surface area contributed by atoms with Crippen molar-refractivity contribution in [3.63, 3.8) is 0 Å². The van der Waals surface area contributed by atoms with Gasteiger partial charge in [0.1, 0.15) is 0 Å². The number of anilines is 1. The van der Waals surface area contributed by atoms with E-state index < -0.39 is 5.97 Å². The number of thioether (sulfide) groups is 1. The smallest absolute Gasteiger partial charge is 0.339 e. The van der Waals surface area contributed by atoms with Crippen molar-refractivity contribution < 1.29 is 14.3 Å². The summed E-state index contributed by atoms with van der Waals surface area (Å²) in [5.74, 6) is -0.356. The number of benzene rings is 2. The standard InChI is InChI=1S/C18H19NO3S/c1-12-8-9-14(10-13(12)2)23-11-17(20)19-16-7-5-4-6-15(16)18(21)22-3/h4-10H,11H2,1-3H3,(H,19,20). The number of carbonyl (C=O) groups excluding carboxylic acids is 2. The zero-order chi connectivity index (χ0) is 16.8. The first-order valence-corrected chi connectivity index (χ1v) is 8.17. The van der Waals surface area contributed by atoms with Crippen LogP contribution in [0.4, 0.5) is 5.69 Å². The van der Waals surface area contributed by atoms with Crippen molar-refractivity contribution in [2.24, 2.45) is 0 Å². The van der Waals surface area contributed by atoms with Gasteiger partial charge in [0, 0.05) is 4.90 Å². The summed E-state index contributed by atoms with van der Waals surface area (Å²) in [6.45, 7) is 4.10. The van der Waals surface area contributed by atoms with Crippen LogP contribution in [-0.4, -0.2) is 24.7 Å². The number of hydrogen-bond donors (Lipinski definition) is 1. The molecule has 23 heavy (non-hydrogen) atoms. The number of ether oxygens (including phenoxy) is 1. The first-order valence-electron chi connectivity index (χ1n) is 7.18. The van der Waals surface area contributed by atoms with E-state index in [1.54, 1.807) is 24.3 Å². The summed E-state index contributed by atoms with van der Waals surface area (Å²) in [5, 5.41) is 2.76. The predicted molar refractivity (Wildman–Crippen MR) is 93.1 cm³/mol. The highest BCUT2D eigenvalue weighted by molar-refractivity contribution is 8.00. The monoisotopic (exact) mass is 329 g/mol. The van der Waals surface area contributed by atoms with E-state index in [0.29, 0.717) is 11.3 Å². The molecule has 4 nitrogen and oxygen atoms in total. The molecular weight excluding hydrogens is 310 g/mol. The fourth-order valence-corrected chi connectivity index (χ4v) is 2.81. The molecule has 0 aromatic heterocycles. The molecule has 0 aliphatic carbocycles. The quantitative estimate of drug-likeness (QED) is 0.669. The number of methoxy groups -OCH3 is 1. The second-order valence-corrected chi connectivity index (χ2v) is 6.17. The van der Waals surface area contributed by atoms with Crippen LogP contribution >= 0.6 is 11.8 Å². The van der Waals surface area contributed by atoms with E-state index in [2.05, 4.69) is 18.3 Å². The molecule has 0 bridgehead atoms. The van der Waals surface area contributed by atoms with Gasteiger partial charge in [-0.25, -0.2) is 4.79 Å². The van der Waals surface area contributed by atoms with Crippen LogP contribution in [0.25, 0.3) is 0 Å². The van der Waals surface area contributed by atoms with Crippen molar-refractivity contribution in [2.45, 2.75) is 18.7 Å². The number of nitrogens with one attached hydrogen (secondary N) is 1. The van der Waals surface area contributed by atoms with Gasteiger partial charge in [-0.1, -0.05) is 18.2 Å². The van der Waals surface area contributed by atoms with Crippen molar-refractivity contribution in [1.29, 1.82) is 0 Å². The summed E-state index contributed by atoms with van der Waals surface area (Å²) in [6, 6.07) is 12.9. The average Bonchev–Trinajstić information content (AvgIpc) is 2.55. The zero-order valence-corrected chi connectivity index (χ0v) is 14.2. The molecule has 0 heterocycles. The van der Waals surface area contributed by atoms with Gasteiger partial charge in [0.05, 0.1) is 24.1 Å². The highest BCUT2D eigenvalue weighted by Crippen LogP contribution is 2.22. The summed E-state index contributed by atoms with van der Waals surface area (Å²) in [7, 11) is 1.32. The molecule has 0 saturated carbocycles. The Kier molecular flexibility index (Phi) is 5.82. The summed E-state index contributed by atoms with van der Waals surface area (Å²) in [6.07, 6.45) is 0. The Morgan fingerprint density at radius 1 is 1.09 bits per heavy atom. The van der Waals surface area contributed by atoms with E-state index in [-0.39, 0.29) is 11.7 Å². The van der Waals surface area contributed by atoms with Gasteiger partial charge in [0.2, 0.25) is 5.91 Å². The number of aryl methyl sites for hydroxylation is 2. The van der Waals surface area contributed by atoms with Crippen molar-refractivity contribution in [2.75, 3.05) is 18.2 Å². The lowest BCUT2D eigenvalue weighted by Gasteiger charge is -2.10. The van der Waals surface area contributed by atoms with Crippen molar-refractivity contribution in [3.05, 3.63) is 59.2 Å². The van der Waals surface area contributed by atoms with Gasteiger partial charge in [-0.05, 0) is 49.2 Å². The summed E-state index contributed by atoms with van der Waals surface area (Å²) < 4.78 is 4.72. The molecule has 0 aliphatic rings. The van der Waals surface area contributed by atoms with Gasteiger partial charge in [0.25, 0.3) is 0 Å². The van der Waals surface area contributed by atoms with Crippen molar-refractivity contribution in [3.8, 4) is 0 Å². The molecule has 1 N–H and O–H groups in total. The van der Waals surface area contributed by atoms with Crippen LogP contribution in [0, 0.1) is 13.8 Å². The summed E-state index contributed by atoms with van der Waals surface area (Å²) in [4.78, 5) is 24.8. The second kappa shape index (κ2) is 7.83. The molecule has 0 atom stereocenters. The average molecular weight is 329 g/mol. The molecule has 2 aromatic rings. The molecule has 2 rings (SSSR count). The van der Waals surface area contributed by atoms with Crippen LogP contribution in [0.5, 0.6) is 0 Å². The molecule has 0 unspecified atom stereocenters. The van der Waals surface area contributed by atoms with Crippen molar-refractivity contribution >= 4 is 29.3 Å². The highest BCUT2D eigenvalue weighted by atomic mass is 32.2. The zero-order valence-electron chi connectivity index (χ0n) is 13.4. The lowest BCUT2D eigenvalue weighted by molar-refractivity contribution is -0.113. The van der Waals surface area contributed by atoms with Gasteiger partial charge >= 0.3 is 5.97 Å². The van der Waals surface area contributed by atoms with Crippen molar-refractivity contribution in [1.82, 2.24) is 0 Å². The van der Waals surface area contributed by atoms with E-state index in [4.69, 9.17) is 4.74 Å². The van der Waals surface area contributed by atoms with E-state index in [1.165, 1.54) is 30.0 Å². The molecule has 120 valence electrons. The van der Waals surface area contributed by atoms with Crippen LogP contribution in [0.3, 0.4) is 0 Å². The van der Waals surface area contributed by atoms with Crippen LogP contribution < -0.4 is 5.32 Å². The lowest BCUT2D eigenvalue weighted by atomic mass is 10.1. The third-order valence-electron chi connectivity index (χ3n) is 3.45. The van der Waals surface area contributed by atoms with Gasteiger partial charge in [-0.15, -0.1) is 11.8 Å². The maximum absolute atomic E-state index is 12.1. The number of para-hydroxylation sites is 1. The largest absolute Gasteiger partial charge is 0.465 e.